The van der Waals surface area contributed by atoms with Crippen LogP contribution in [0.1, 0.15) is 0 Å². The van der Waals surface area contributed by atoms with Crippen molar-refractivity contribution in [3.63, 3.8) is 0 Å². The fourth-order valence-electron chi connectivity index (χ4n) is 1.78. The molecular weight excluding hydrogens is 345 g/mol. The van der Waals surface area contributed by atoms with Crippen LogP contribution < -0.4 is 5.32 Å². The van der Waals surface area contributed by atoms with E-state index >= 15 is 0 Å². The van der Waals surface area contributed by atoms with Crippen LogP contribution in [0.5, 0.6) is 0 Å². The Labute approximate surface area is 139 Å². The Morgan fingerprint density at radius 1 is 1.23 bits per heavy atom. The number of H-pyrrole nitrogens is 1. The van der Waals surface area contributed by atoms with Gasteiger partial charge in [0.2, 0.25) is 5.91 Å². The zero-order valence-electron chi connectivity index (χ0n) is 11.0. The van der Waals surface area contributed by atoms with E-state index < -0.39 is 0 Å². The van der Waals surface area contributed by atoms with E-state index in [4.69, 9.17) is 23.2 Å². The minimum absolute atomic E-state index is 0.159. The summed E-state index contributed by atoms with van der Waals surface area (Å²) in [6, 6.07) is 5.04. The van der Waals surface area contributed by atoms with Crippen LogP contribution in [-0.4, -0.2) is 31.6 Å². The fraction of sp³-hybridized carbons (Fsp3) is 0.0769. The van der Waals surface area contributed by atoms with E-state index in [2.05, 4.69) is 25.3 Å². The maximum absolute atomic E-state index is 12.0. The highest BCUT2D eigenvalue weighted by molar-refractivity contribution is 8.00. The average Bonchev–Trinajstić information content (AvgIpc) is 2.98. The number of nitrogens with one attached hydrogen (secondary N) is 2. The number of carbonyl (C=O) groups is 1. The summed E-state index contributed by atoms with van der Waals surface area (Å²) >= 11 is 13.3. The van der Waals surface area contributed by atoms with Crippen molar-refractivity contribution in [2.24, 2.45) is 0 Å². The molecule has 9 heteroatoms. The zero-order valence-corrected chi connectivity index (χ0v) is 13.3. The van der Waals surface area contributed by atoms with Crippen molar-refractivity contribution in [1.82, 2.24) is 19.9 Å². The molecule has 3 rings (SSSR count). The van der Waals surface area contributed by atoms with E-state index in [1.807, 2.05) is 0 Å². The third kappa shape index (κ3) is 3.16. The van der Waals surface area contributed by atoms with Crippen LogP contribution in [0, 0.1) is 0 Å². The Bertz CT molecular complexity index is 818. The van der Waals surface area contributed by atoms with Crippen molar-refractivity contribution < 1.29 is 4.79 Å². The summed E-state index contributed by atoms with van der Waals surface area (Å²) in [5, 5.41) is 4.14. The minimum Gasteiger partial charge on any atom is -0.341 e. The van der Waals surface area contributed by atoms with E-state index in [0.29, 0.717) is 31.9 Å². The lowest BCUT2D eigenvalue weighted by Gasteiger charge is -2.08. The second kappa shape index (κ2) is 6.51. The lowest BCUT2D eigenvalue weighted by atomic mass is 10.3. The van der Waals surface area contributed by atoms with Crippen molar-refractivity contribution >= 4 is 57.7 Å². The SMILES string of the molecule is O=C(CSc1ncnc2nc[nH]c12)Nc1c(Cl)cccc1Cl. The third-order valence-corrected chi connectivity index (χ3v) is 4.37. The summed E-state index contributed by atoms with van der Waals surface area (Å²) in [7, 11) is 0. The molecule has 0 aliphatic rings. The van der Waals surface area contributed by atoms with Crippen LogP contribution in [0.4, 0.5) is 5.69 Å². The smallest absolute Gasteiger partial charge is 0.234 e. The highest BCUT2D eigenvalue weighted by atomic mass is 35.5. The number of benzene rings is 1. The Morgan fingerprint density at radius 2 is 2.00 bits per heavy atom. The normalized spacial score (nSPS) is 10.8. The zero-order chi connectivity index (χ0) is 15.5. The number of anilines is 1. The Hall–Kier alpha value is -1.83. The molecule has 112 valence electrons. The van der Waals surface area contributed by atoms with Gasteiger partial charge in [0.15, 0.2) is 5.65 Å². The highest BCUT2D eigenvalue weighted by Gasteiger charge is 2.12. The van der Waals surface area contributed by atoms with Crippen molar-refractivity contribution in [1.29, 1.82) is 0 Å². The molecule has 22 heavy (non-hydrogen) atoms. The molecule has 3 aromatic rings. The summed E-state index contributed by atoms with van der Waals surface area (Å²) in [6.07, 6.45) is 2.95. The van der Waals surface area contributed by atoms with Gasteiger partial charge < -0.3 is 10.3 Å². The van der Waals surface area contributed by atoms with E-state index in [0.717, 1.165) is 0 Å². The van der Waals surface area contributed by atoms with Gasteiger partial charge in [-0.05, 0) is 12.1 Å². The Morgan fingerprint density at radius 3 is 2.77 bits per heavy atom. The van der Waals surface area contributed by atoms with Crippen molar-refractivity contribution in [3.8, 4) is 0 Å². The number of carbonyl (C=O) groups excluding carboxylic acids is 1. The number of thioether (sulfide) groups is 1. The number of halogens is 2. The number of imidazole rings is 1. The maximum atomic E-state index is 12.0. The molecule has 0 saturated carbocycles. The molecule has 1 amide bonds. The first-order valence-corrected chi connectivity index (χ1v) is 7.90. The van der Waals surface area contributed by atoms with Gasteiger partial charge in [0, 0.05) is 0 Å². The molecule has 1 aromatic carbocycles. The number of hydrogen-bond acceptors (Lipinski definition) is 5. The first kappa shape index (κ1) is 15.1. The van der Waals surface area contributed by atoms with E-state index in [-0.39, 0.29) is 11.7 Å². The van der Waals surface area contributed by atoms with Crippen LogP contribution in [0.3, 0.4) is 0 Å². The van der Waals surface area contributed by atoms with Gasteiger partial charge in [-0.15, -0.1) is 0 Å². The maximum Gasteiger partial charge on any atom is 0.234 e. The standard InChI is InChI=1S/C13H9Cl2N5OS/c14-7-2-1-3-8(15)10(7)20-9(21)4-22-13-11-12(17-5-16-11)18-6-19-13/h1-3,5-6H,4H2,(H,20,21)(H,16,17,18,19). The molecule has 0 aliphatic heterocycles. The first-order chi connectivity index (χ1) is 10.6. The van der Waals surface area contributed by atoms with Crippen LogP contribution >= 0.6 is 35.0 Å². The molecule has 2 heterocycles. The van der Waals surface area contributed by atoms with E-state index in [1.54, 1.807) is 18.2 Å². The predicted octanol–water partition coefficient (Wildman–Crippen LogP) is 3.39. The lowest BCUT2D eigenvalue weighted by molar-refractivity contribution is -0.113. The van der Waals surface area contributed by atoms with E-state index in [9.17, 15) is 4.79 Å². The number of fused-ring (bicyclic) bond motifs is 1. The van der Waals surface area contributed by atoms with Gasteiger partial charge in [-0.3, -0.25) is 4.79 Å². The molecule has 6 nitrogen and oxygen atoms in total. The number of hydrogen-bond donors (Lipinski definition) is 2. The predicted molar refractivity (Wildman–Crippen MR) is 87.5 cm³/mol. The van der Waals surface area contributed by atoms with Crippen LogP contribution in [0.2, 0.25) is 10.0 Å². The van der Waals surface area contributed by atoms with Gasteiger partial charge in [-0.25, -0.2) is 15.0 Å². The molecule has 0 unspecified atom stereocenters. The molecule has 0 bridgehead atoms. The number of aromatic amines is 1. The fourth-order valence-corrected chi connectivity index (χ4v) is 3.03. The summed E-state index contributed by atoms with van der Waals surface area (Å²) in [4.78, 5) is 27.2. The van der Waals surface area contributed by atoms with Crippen molar-refractivity contribution in [2.45, 2.75) is 5.03 Å². The van der Waals surface area contributed by atoms with E-state index in [1.165, 1.54) is 24.4 Å². The molecule has 2 aromatic heterocycles. The molecule has 0 saturated heterocycles. The average molecular weight is 354 g/mol. The minimum atomic E-state index is -0.230. The summed E-state index contributed by atoms with van der Waals surface area (Å²) < 4.78 is 0. The van der Waals surface area contributed by atoms with Crippen LogP contribution in [0.25, 0.3) is 11.2 Å². The molecule has 0 spiro atoms. The molecule has 0 atom stereocenters. The van der Waals surface area contributed by atoms with Gasteiger partial charge in [0.25, 0.3) is 0 Å². The van der Waals surface area contributed by atoms with Gasteiger partial charge >= 0.3 is 0 Å². The van der Waals surface area contributed by atoms with Gasteiger partial charge in [-0.1, -0.05) is 41.0 Å². The van der Waals surface area contributed by atoms with Crippen molar-refractivity contribution in [2.75, 3.05) is 11.1 Å². The lowest BCUT2D eigenvalue weighted by Crippen LogP contribution is -2.14. The molecule has 0 fully saturated rings. The summed E-state index contributed by atoms with van der Waals surface area (Å²) in [5.74, 6) is -0.0709. The monoisotopic (exact) mass is 353 g/mol. The number of amides is 1. The second-order valence-corrected chi connectivity index (χ2v) is 5.99. The third-order valence-electron chi connectivity index (χ3n) is 2.76. The van der Waals surface area contributed by atoms with Gasteiger partial charge in [0.05, 0.1) is 27.8 Å². The van der Waals surface area contributed by atoms with Crippen LogP contribution in [0.15, 0.2) is 35.9 Å². The second-order valence-electron chi connectivity index (χ2n) is 4.21. The number of nitrogens with zero attached hydrogens (tertiary/aromatic N) is 3. The molecule has 2 N–H and O–H groups in total. The number of para-hydroxylation sites is 1. The number of rotatable bonds is 4. The quantitative estimate of drug-likeness (QED) is 0.554. The first-order valence-electron chi connectivity index (χ1n) is 6.16. The Balaban J connectivity index is 1.69. The molecule has 0 aliphatic carbocycles. The topological polar surface area (TPSA) is 83.6 Å². The summed E-state index contributed by atoms with van der Waals surface area (Å²) in [5.41, 5.74) is 1.67. The molecule has 0 radical (unpaired) electrons. The van der Waals surface area contributed by atoms with Crippen LogP contribution in [-0.2, 0) is 4.79 Å². The summed E-state index contributed by atoms with van der Waals surface area (Å²) in [6.45, 7) is 0. The number of aromatic nitrogens is 4. The van der Waals surface area contributed by atoms with Gasteiger partial charge in [0.1, 0.15) is 16.9 Å². The van der Waals surface area contributed by atoms with Gasteiger partial charge in [-0.2, -0.15) is 0 Å². The highest BCUT2D eigenvalue weighted by Crippen LogP contribution is 2.30. The largest absolute Gasteiger partial charge is 0.341 e. The Kier molecular flexibility index (Phi) is 4.47. The van der Waals surface area contributed by atoms with Crippen molar-refractivity contribution in [3.05, 3.63) is 40.9 Å². The molecular formula is C13H9Cl2N5OS.